The molecule has 0 saturated carbocycles. The SMILES string of the molecule is CC(C)(C)NC(=O)NCCCCC(=N)N. The van der Waals surface area contributed by atoms with Crippen molar-refractivity contribution in [1.82, 2.24) is 10.6 Å². The van der Waals surface area contributed by atoms with Crippen molar-refractivity contribution in [3.8, 4) is 0 Å². The van der Waals surface area contributed by atoms with E-state index in [1.54, 1.807) is 0 Å². The van der Waals surface area contributed by atoms with Crippen LogP contribution in [0.4, 0.5) is 4.79 Å². The highest BCUT2D eigenvalue weighted by molar-refractivity contribution is 5.76. The maximum Gasteiger partial charge on any atom is 0.315 e. The molecule has 0 radical (unpaired) electrons. The van der Waals surface area contributed by atoms with E-state index in [0.717, 1.165) is 12.8 Å². The van der Waals surface area contributed by atoms with E-state index in [1.165, 1.54) is 0 Å². The normalized spacial score (nSPS) is 10.9. The minimum Gasteiger partial charge on any atom is -0.388 e. The minimum atomic E-state index is -0.205. The van der Waals surface area contributed by atoms with Gasteiger partial charge in [-0.05, 0) is 33.6 Å². The number of carbonyl (C=O) groups excluding carboxylic acids is 1. The smallest absolute Gasteiger partial charge is 0.315 e. The Labute approximate surface area is 91.3 Å². The molecule has 0 fully saturated rings. The number of amides is 2. The Kier molecular flexibility index (Phi) is 5.74. The van der Waals surface area contributed by atoms with Gasteiger partial charge in [0.05, 0.1) is 5.84 Å². The van der Waals surface area contributed by atoms with Crippen LogP contribution in [-0.2, 0) is 0 Å². The van der Waals surface area contributed by atoms with Gasteiger partial charge >= 0.3 is 6.03 Å². The highest BCUT2D eigenvalue weighted by atomic mass is 16.2. The standard InChI is InChI=1S/C10H22N4O/c1-10(2,3)14-9(15)13-7-5-4-6-8(11)12/h4-7H2,1-3H3,(H3,11,12)(H2,13,14,15). The third-order valence-electron chi connectivity index (χ3n) is 1.65. The zero-order valence-electron chi connectivity index (χ0n) is 9.81. The first-order valence-electron chi connectivity index (χ1n) is 5.20. The van der Waals surface area contributed by atoms with Crippen LogP contribution in [0.25, 0.3) is 0 Å². The molecule has 88 valence electrons. The fraction of sp³-hybridized carbons (Fsp3) is 0.800. The van der Waals surface area contributed by atoms with E-state index in [9.17, 15) is 4.79 Å². The molecule has 0 unspecified atom stereocenters. The van der Waals surface area contributed by atoms with Crippen LogP contribution in [0.3, 0.4) is 0 Å². The molecule has 0 atom stereocenters. The third kappa shape index (κ3) is 10.7. The number of hydrogen-bond donors (Lipinski definition) is 4. The Hall–Kier alpha value is -1.26. The van der Waals surface area contributed by atoms with E-state index in [-0.39, 0.29) is 17.4 Å². The van der Waals surface area contributed by atoms with Crippen molar-refractivity contribution in [2.75, 3.05) is 6.54 Å². The van der Waals surface area contributed by atoms with Crippen LogP contribution in [0.15, 0.2) is 0 Å². The predicted octanol–water partition coefficient (Wildman–Crippen LogP) is 1.19. The second-order valence-corrected chi connectivity index (χ2v) is 4.61. The quantitative estimate of drug-likeness (QED) is 0.314. The average Bonchev–Trinajstić information content (AvgIpc) is 1.99. The monoisotopic (exact) mass is 214 g/mol. The Morgan fingerprint density at radius 3 is 2.40 bits per heavy atom. The lowest BCUT2D eigenvalue weighted by molar-refractivity contribution is 0.232. The molecule has 0 aromatic heterocycles. The molecule has 0 aromatic carbocycles. The molecule has 0 aromatic rings. The lowest BCUT2D eigenvalue weighted by Gasteiger charge is -2.20. The van der Waals surface area contributed by atoms with Crippen molar-refractivity contribution in [1.29, 1.82) is 5.41 Å². The molecule has 0 saturated heterocycles. The predicted molar refractivity (Wildman–Crippen MR) is 62.1 cm³/mol. The van der Waals surface area contributed by atoms with E-state index in [0.29, 0.717) is 13.0 Å². The van der Waals surface area contributed by atoms with Crippen molar-refractivity contribution in [2.45, 2.75) is 45.6 Å². The van der Waals surface area contributed by atoms with Crippen LogP contribution in [0.1, 0.15) is 40.0 Å². The van der Waals surface area contributed by atoms with E-state index < -0.39 is 0 Å². The molecule has 0 heterocycles. The number of nitrogens with one attached hydrogen (secondary N) is 3. The lowest BCUT2D eigenvalue weighted by atomic mass is 10.1. The number of urea groups is 1. The minimum absolute atomic E-state index is 0.148. The second-order valence-electron chi connectivity index (χ2n) is 4.61. The first-order valence-corrected chi connectivity index (χ1v) is 5.20. The van der Waals surface area contributed by atoms with Crippen molar-refractivity contribution < 1.29 is 4.79 Å². The average molecular weight is 214 g/mol. The maximum atomic E-state index is 11.3. The number of nitrogens with two attached hydrogens (primary N) is 1. The van der Waals surface area contributed by atoms with Gasteiger partial charge in [-0.15, -0.1) is 0 Å². The number of amidine groups is 1. The molecular weight excluding hydrogens is 192 g/mol. The molecule has 0 bridgehead atoms. The summed E-state index contributed by atoms with van der Waals surface area (Å²) in [4.78, 5) is 11.3. The Morgan fingerprint density at radius 1 is 1.33 bits per heavy atom. The van der Waals surface area contributed by atoms with Gasteiger partial charge in [0, 0.05) is 18.5 Å². The van der Waals surface area contributed by atoms with E-state index >= 15 is 0 Å². The summed E-state index contributed by atoms with van der Waals surface area (Å²) in [6.45, 7) is 6.42. The zero-order chi connectivity index (χ0) is 11.9. The summed E-state index contributed by atoms with van der Waals surface area (Å²) in [6.07, 6.45) is 2.28. The van der Waals surface area contributed by atoms with Crippen LogP contribution < -0.4 is 16.4 Å². The van der Waals surface area contributed by atoms with Crippen molar-refractivity contribution in [2.24, 2.45) is 5.73 Å². The van der Waals surface area contributed by atoms with Crippen LogP contribution in [0.2, 0.25) is 0 Å². The van der Waals surface area contributed by atoms with Crippen molar-refractivity contribution in [3.05, 3.63) is 0 Å². The molecule has 0 aliphatic heterocycles. The van der Waals surface area contributed by atoms with E-state index in [2.05, 4.69) is 10.6 Å². The van der Waals surface area contributed by atoms with E-state index in [4.69, 9.17) is 11.1 Å². The van der Waals surface area contributed by atoms with Gasteiger partial charge in [0.15, 0.2) is 0 Å². The number of hydrogen-bond acceptors (Lipinski definition) is 2. The molecule has 2 amide bonds. The molecule has 5 nitrogen and oxygen atoms in total. The number of carbonyl (C=O) groups is 1. The number of unbranched alkanes of at least 4 members (excludes halogenated alkanes) is 1. The first-order chi connectivity index (χ1) is 6.81. The van der Waals surface area contributed by atoms with Crippen molar-refractivity contribution in [3.63, 3.8) is 0 Å². The first kappa shape index (κ1) is 13.7. The molecule has 0 aliphatic carbocycles. The van der Waals surface area contributed by atoms with Gasteiger partial charge in [-0.3, -0.25) is 5.41 Å². The summed E-state index contributed by atoms with van der Waals surface area (Å²) in [5.41, 5.74) is 5.00. The van der Waals surface area contributed by atoms with Crippen LogP contribution in [0, 0.1) is 5.41 Å². The fourth-order valence-electron chi connectivity index (χ4n) is 1.03. The van der Waals surface area contributed by atoms with Gasteiger partial charge in [-0.1, -0.05) is 0 Å². The van der Waals surface area contributed by atoms with Gasteiger partial charge in [0.2, 0.25) is 0 Å². The molecule has 5 heteroatoms. The highest BCUT2D eigenvalue weighted by Gasteiger charge is 2.12. The maximum absolute atomic E-state index is 11.3. The second kappa shape index (κ2) is 6.27. The molecule has 5 N–H and O–H groups in total. The Morgan fingerprint density at radius 2 is 1.93 bits per heavy atom. The Balaban J connectivity index is 3.44. The summed E-state index contributed by atoms with van der Waals surface area (Å²) in [7, 11) is 0. The summed E-state index contributed by atoms with van der Waals surface area (Å²) in [5.74, 6) is 0.203. The van der Waals surface area contributed by atoms with Gasteiger partial charge in [-0.2, -0.15) is 0 Å². The third-order valence-corrected chi connectivity index (χ3v) is 1.65. The summed E-state index contributed by atoms with van der Waals surface area (Å²) in [6, 6.07) is -0.148. The fourth-order valence-corrected chi connectivity index (χ4v) is 1.03. The lowest BCUT2D eigenvalue weighted by Crippen LogP contribution is -2.46. The molecule has 0 aliphatic rings. The molecule has 0 spiro atoms. The summed E-state index contributed by atoms with van der Waals surface area (Å²) >= 11 is 0. The molecule has 15 heavy (non-hydrogen) atoms. The molecule has 0 rings (SSSR count). The van der Waals surface area contributed by atoms with Crippen LogP contribution in [-0.4, -0.2) is 24.0 Å². The Bertz CT molecular complexity index is 220. The topological polar surface area (TPSA) is 91.0 Å². The van der Waals surface area contributed by atoms with Crippen molar-refractivity contribution >= 4 is 11.9 Å². The number of rotatable bonds is 5. The largest absolute Gasteiger partial charge is 0.388 e. The van der Waals surface area contributed by atoms with E-state index in [1.807, 2.05) is 20.8 Å². The van der Waals surface area contributed by atoms with Crippen LogP contribution >= 0.6 is 0 Å². The zero-order valence-corrected chi connectivity index (χ0v) is 9.81. The van der Waals surface area contributed by atoms with Crippen LogP contribution in [0.5, 0.6) is 0 Å². The van der Waals surface area contributed by atoms with Gasteiger partial charge < -0.3 is 16.4 Å². The van der Waals surface area contributed by atoms with Gasteiger partial charge in [-0.25, -0.2) is 4.79 Å². The molecular formula is C10H22N4O. The van der Waals surface area contributed by atoms with Gasteiger partial charge in [0.25, 0.3) is 0 Å². The highest BCUT2D eigenvalue weighted by Crippen LogP contribution is 1.97. The van der Waals surface area contributed by atoms with Gasteiger partial charge in [0.1, 0.15) is 0 Å². The summed E-state index contributed by atoms with van der Waals surface area (Å²) in [5, 5.41) is 12.6. The summed E-state index contributed by atoms with van der Waals surface area (Å²) < 4.78 is 0.